The van der Waals surface area contributed by atoms with E-state index < -0.39 is 19.8 Å². The third kappa shape index (κ3) is 10.0. The minimum Gasteiger partial charge on any atom is -0.396 e. The summed E-state index contributed by atoms with van der Waals surface area (Å²) in [6.07, 6.45) is 4.57. The normalized spacial score (nSPS) is 15.0. The van der Waals surface area contributed by atoms with Crippen LogP contribution in [0.5, 0.6) is 0 Å². The molecule has 0 fully saturated rings. The van der Waals surface area contributed by atoms with Crippen molar-refractivity contribution in [2.75, 3.05) is 13.2 Å². The first-order valence-electron chi connectivity index (χ1n) is 7.09. The Bertz CT molecular complexity index is 467. The lowest BCUT2D eigenvalue weighted by atomic mass is 10.2. The lowest BCUT2D eigenvalue weighted by molar-refractivity contribution is -0.135. The standard InChI is InChI=1S/C14H23O8P/c1-11(7-3-5-9-15)13(17)21-23(19,20)22-14(18)12(2)8-4-6-10-16/h7-8,15-16H,3-6,9-10H2,1-2H3,(H,19,20). The Morgan fingerprint density at radius 3 is 1.57 bits per heavy atom. The van der Waals surface area contributed by atoms with E-state index in [-0.39, 0.29) is 24.4 Å². The summed E-state index contributed by atoms with van der Waals surface area (Å²) in [5, 5.41) is 17.3. The Hall–Kier alpha value is -1.47. The number of unbranched alkanes of at least 4 members (excludes halogenated alkanes) is 2. The van der Waals surface area contributed by atoms with E-state index in [0.29, 0.717) is 25.7 Å². The van der Waals surface area contributed by atoms with Gasteiger partial charge >= 0.3 is 19.8 Å². The Morgan fingerprint density at radius 1 is 0.913 bits per heavy atom. The summed E-state index contributed by atoms with van der Waals surface area (Å²) in [4.78, 5) is 32.6. The molecule has 0 atom stereocenters. The first-order valence-corrected chi connectivity index (χ1v) is 8.59. The van der Waals surface area contributed by atoms with Crippen molar-refractivity contribution >= 4 is 19.8 Å². The predicted octanol–water partition coefficient (Wildman–Crippen LogP) is 1.61. The van der Waals surface area contributed by atoms with Crippen molar-refractivity contribution in [3.8, 4) is 0 Å². The molecule has 132 valence electrons. The smallest absolute Gasteiger partial charge is 0.396 e. The lowest BCUT2D eigenvalue weighted by Gasteiger charge is -2.12. The fourth-order valence-corrected chi connectivity index (χ4v) is 2.10. The van der Waals surface area contributed by atoms with Gasteiger partial charge in [-0.1, -0.05) is 12.2 Å². The first-order chi connectivity index (χ1) is 10.7. The van der Waals surface area contributed by atoms with Crippen LogP contribution in [0.2, 0.25) is 0 Å². The minimum absolute atomic E-state index is 0.0448. The molecule has 0 amide bonds. The number of aliphatic hydroxyl groups is 2. The van der Waals surface area contributed by atoms with Gasteiger partial charge in [-0.05, 0) is 39.5 Å². The predicted molar refractivity (Wildman–Crippen MR) is 82.2 cm³/mol. The molecule has 0 aromatic carbocycles. The second kappa shape index (κ2) is 11.1. The molecule has 0 bridgehead atoms. The number of carbonyl (C=O) groups is 2. The molecule has 9 heteroatoms. The molecule has 0 saturated heterocycles. The Balaban J connectivity index is 4.60. The SMILES string of the molecule is CC(=CCCCO)C(=O)OP(=O)(O)OC(=O)C(C)=CCCCO. The van der Waals surface area contributed by atoms with E-state index in [1.54, 1.807) is 0 Å². The van der Waals surface area contributed by atoms with E-state index in [1.165, 1.54) is 26.0 Å². The van der Waals surface area contributed by atoms with Gasteiger partial charge in [0.25, 0.3) is 0 Å². The summed E-state index contributed by atoms with van der Waals surface area (Å²) in [5.74, 6) is -2.16. The van der Waals surface area contributed by atoms with Crippen LogP contribution >= 0.6 is 7.82 Å². The quantitative estimate of drug-likeness (QED) is 0.308. The van der Waals surface area contributed by atoms with Crippen LogP contribution in [0.25, 0.3) is 0 Å². The molecule has 0 saturated carbocycles. The number of allylic oxidation sites excluding steroid dienone is 2. The Labute approximate surface area is 135 Å². The molecular formula is C14H23O8P. The summed E-state index contributed by atoms with van der Waals surface area (Å²) < 4.78 is 20.3. The van der Waals surface area contributed by atoms with Crippen molar-refractivity contribution in [1.29, 1.82) is 0 Å². The van der Waals surface area contributed by atoms with Crippen LogP contribution in [-0.4, -0.2) is 40.3 Å². The van der Waals surface area contributed by atoms with E-state index in [2.05, 4.69) is 9.05 Å². The maximum absolute atomic E-state index is 11.6. The van der Waals surface area contributed by atoms with Crippen LogP contribution < -0.4 is 0 Å². The fourth-order valence-electron chi connectivity index (χ4n) is 1.36. The summed E-state index contributed by atoms with van der Waals surface area (Å²) in [7, 11) is -4.87. The van der Waals surface area contributed by atoms with E-state index in [0.717, 1.165) is 0 Å². The molecule has 0 unspecified atom stereocenters. The van der Waals surface area contributed by atoms with Gasteiger partial charge in [-0.25, -0.2) is 14.2 Å². The molecule has 23 heavy (non-hydrogen) atoms. The van der Waals surface area contributed by atoms with Gasteiger partial charge in [-0.15, -0.1) is 0 Å². The maximum Gasteiger partial charge on any atom is 0.589 e. The Kier molecular flexibility index (Phi) is 10.4. The lowest BCUT2D eigenvalue weighted by Crippen LogP contribution is -2.10. The fraction of sp³-hybridized carbons (Fsp3) is 0.571. The van der Waals surface area contributed by atoms with Gasteiger partial charge in [0.15, 0.2) is 0 Å². The average Bonchev–Trinajstić information content (AvgIpc) is 2.46. The molecular weight excluding hydrogens is 327 g/mol. The number of phosphoric ester groups is 1. The van der Waals surface area contributed by atoms with Gasteiger partial charge in [0.2, 0.25) is 0 Å². The van der Waals surface area contributed by atoms with Crippen LogP contribution in [0.15, 0.2) is 23.3 Å². The second-order valence-corrected chi connectivity index (χ2v) is 6.03. The zero-order chi connectivity index (χ0) is 17.9. The molecule has 0 rings (SSSR count). The van der Waals surface area contributed by atoms with Gasteiger partial charge in [0, 0.05) is 24.4 Å². The molecule has 0 spiro atoms. The monoisotopic (exact) mass is 350 g/mol. The van der Waals surface area contributed by atoms with E-state index in [1.807, 2.05) is 0 Å². The number of rotatable bonds is 10. The average molecular weight is 350 g/mol. The highest BCUT2D eigenvalue weighted by atomic mass is 31.2. The van der Waals surface area contributed by atoms with Crippen LogP contribution in [0, 0.1) is 0 Å². The van der Waals surface area contributed by atoms with Crippen molar-refractivity contribution in [2.45, 2.75) is 39.5 Å². The number of hydrogen-bond donors (Lipinski definition) is 3. The van der Waals surface area contributed by atoms with Crippen molar-refractivity contribution < 1.29 is 38.3 Å². The van der Waals surface area contributed by atoms with Crippen LogP contribution in [0.3, 0.4) is 0 Å². The number of phosphoric acid groups is 1. The van der Waals surface area contributed by atoms with Gasteiger partial charge in [0.05, 0.1) is 0 Å². The number of hydrogen-bond acceptors (Lipinski definition) is 7. The molecule has 0 aromatic heterocycles. The topological polar surface area (TPSA) is 130 Å². The van der Waals surface area contributed by atoms with Gasteiger partial charge in [-0.3, -0.25) is 4.89 Å². The molecule has 8 nitrogen and oxygen atoms in total. The number of carbonyl (C=O) groups excluding carboxylic acids is 2. The third-order valence-corrected chi connectivity index (χ3v) is 3.46. The van der Waals surface area contributed by atoms with Crippen molar-refractivity contribution in [3.05, 3.63) is 23.3 Å². The molecule has 0 aliphatic carbocycles. The summed E-state index contributed by atoms with van der Waals surface area (Å²) in [6.45, 7) is 2.66. The molecule has 3 N–H and O–H groups in total. The van der Waals surface area contributed by atoms with Crippen LogP contribution in [0.4, 0.5) is 0 Å². The Morgan fingerprint density at radius 2 is 1.26 bits per heavy atom. The van der Waals surface area contributed by atoms with Gasteiger partial charge < -0.3 is 19.3 Å². The maximum atomic E-state index is 11.6. The van der Waals surface area contributed by atoms with Crippen LogP contribution in [0.1, 0.15) is 39.5 Å². The number of aliphatic hydroxyl groups excluding tert-OH is 2. The van der Waals surface area contributed by atoms with E-state index >= 15 is 0 Å². The molecule has 0 aromatic rings. The summed E-state index contributed by atoms with van der Waals surface area (Å²) in [6, 6.07) is 0. The van der Waals surface area contributed by atoms with Gasteiger partial charge in [-0.2, -0.15) is 0 Å². The third-order valence-electron chi connectivity index (χ3n) is 2.67. The van der Waals surface area contributed by atoms with Crippen LogP contribution in [-0.2, 0) is 23.2 Å². The molecule has 0 heterocycles. The molecule has 0 aliphatic heterocycles. The first kappa shape index (κ1) is 21.5. The van der Waals surface area contributed by atoms with E-state index in [4.69, 9.17) is 10.2 Å². The minimum atomic E-state index is -4.87. The summed E-state index contributed by atoms with van der Waals surface area (Å²) >= 11 is 0. The summed E-state index contributed by atoms with van der Waals surface area (Å²) in [5.41, 5.74) is 0.137. The zero-order valence-electron chi connectivity index (χ0n) is 13.2. The second-order valence-electron chi connectivity index (χ2n) is 4.73. The highest BCUT2D eigenvalue weighted by molar-refractivity contribution is 7.48. The van der Waals surface area contributed by atoms with Crippen molar-refractivity contribution in [2.24, 2.45) is 0 Å². The molecule has 0 radical (unpaired) electrons. The van der Waals surface area contributed by atoms with Gasteiger partial charge in [0.1, 0.15) is 0 Å². The van der Waals surface area contributed by atoms with Crippen molar-refractivity contribution in [1.82, 2.24) is 0 Å². The highest BCUT2D eigenvalue weighted by Gasteiger charge is 2.31. The van der Waals surface area contributed by atoms with Crippen molar-refractivity contribution in [3.63, 3.8) is 0 Å². The highest BCUT2D eigenvalue weighted by Crippen LogP contribution is 2.44. The van der Waals surface area contributed by atoms with E-state index in [9.17, 15) is 19.0 Å². The molecule has 0 aliphatic rings. The zero-order valence-corrected chi connectivity index (χ0v) is 14.1. The largest absolute Gasteiger partial charge is 0.589 e.